The second kappa shape index (κ2) is 9.08. The summed E-state index contributed by atoms with van der Waals surface area (Å²) in [4.78, 5) is 11.6. The lowest BCUT2D eigenvalue weighted by atomic mass is 10.1. The number of aromatic nitrogens is 4. The molecule has 0 atom stereocenters. The maximum atomic E-state index is 5.31. The fraction of sp³-hybridized carbons (Fsp3) is 0.409. The lowest BCUT2D eigenvalue weighted by Gasteiger charge is -2.22. The molecule has 0 saturated carbocycles. The van der Waals surface area contributed by atoms with E-state index in [2.05, 4.69) is 52.9 Å². The topological polar surface area (TPSA) is 56.1 Å². The predicted molar refractivity (Wildman–Crippen MR) is 111 cm³/mol. The Labute approximate surface area is 167 Å². The van der Waals surface area contributed by atoms with E-state index in [1.54, 1.807) is 7.11 Å². The summed E-state index contributed by atoms with van der Waals surface area (Å²) in [5.74, 6) is 0.768. The highest BCUT2D eigenvalue weighted by Gasteiger charge is 2.15. The Morgan fingerprint density at radius 1 is 1.04 bits per heavy atom. The SMILES string of the molecule is COCCN(Cc1cnc(-c2ccccc2C)nc1)Cc1c(C)nn(C)c1C. The van der Waals surface area contributed by atoms with Gasteiger partial charge in [0.25, 0.3) is 0 Å². The predicted octanol–water partition coefficient (Wildman–Crippen LogP) is 3.45. The molecule has 1 aromatic carbocycles. The van der Waals surface area contributed by atoms with E-state index in [4.69, 9.17) is 4.74 Å². The molecule has 3 rings (SSSR count). The van der Waals surface area contributed by atoms with Gasteiger partial charge in [0.1, 0.15) is 0 Å². The van der Waals surface area contributed by atoms with E-state index in [1.165, 1.54) is 16.8 Å². The van der Waals surface area contributed by atoms with Gasteiger partial charge >= 0.3 is 0 Å². The van der Waals surface area contributed by atoms with Crippen molar-refractivity contribution in [2.45, 2.75) is 33.9 Å². The molecular weight excluding hydrogens is 350 g/mol. The summed E-state index contributed by atoms with van der Waals surface area (Å²) in [5.41, 5.74) is 6.90. The minimum atomic E-state index is 0.681. The number of ether oxygens (including phenoxy) is 1. The van der Waals surface area contributed by atoms with Gasteiger partial charge in [0, 0.05) is 68.6 Å². The van der Waals surface area contributed by atoms with E-state index in [9.17, 15) is 0 Å². The number of hydrogen-bond donors (Lipinski definition) is 0. The van der Waals surface area contributed by atoms with Crippen LogP contribution < -0.4 is 0 Å². The van der Waals surface area contributed by atoms with Crippen LogP contribution in [0, 0.1) is 20.8 Å². The molecule has 6 nitrogen and oxygen atoms in total. The summed E-state index contributed by atoms with van der Waals surface area (Å²) >= 11 is 0. The maximum Gasteiger partial charge on any atom is 0.159 e. The fourth-order valence-corrected chi connectivity index (χ4v) is 3.36. The van der Waals surface area contributed by atoms with Crippen molar-refractivity contribution >= 4 is 0 Å². The molecule has 0 spiro atoms. The average molecular weight is 380 g/mol. The highest BCUT2D eigenvalue weighted by molar-refractivity contribution is 5.59. The molecule has 0 aliphatic heterocycles. The van der Waals surface area contributed by atoms with Crippen LogP contribution in [0.1, 0.15) is 28.1 Å². The molecule has 2 aromatic heterocycles. The highest BCUT2D eigenvalue weighted by atomic mass is 16.5. The van der Waals surface area contributed by atoms with E-state index < -0.39 is 0 Å². The normalized spacial score (nSPS) is 11.4. The second-order valence-corrected chi connectivity index (χ2v) is 7.21. The minimum absolute atomic E-state index is 0.681. The van der Waals surface area contributed by atoms with Gasteiger partial charge in [-0.05, 0) is 26.3 Å². The molecule has 0 radical (unpaired) electrons. The van der Waals surface area contributed by atoms with Crippen LogP contribution in [0.25, 0.3) is 11.4 Å². The number of nitrogens with zero attached hydrogens (tertiary/aromatic N) is 5. The summed E-state index contributed by atoms with van der Waals surface area (Å²) < 4.78 is 7.25. The van der Waals surface area contributed by atoms with Gasteiger partial charge in [-0.1, -0.05) is 24.3 Å². The Hall–Kier alpha value is -2.57. The lowest BCUT2D eigenvalue weighted by Crippen LogP contribution is -2.27. The van der Waals surface area contributed by atoms with Crippen molar-refractivity contribution in [2.75, 3.05) is 20.3 Å². The molecule has 2 heterocycles. The van der Waals surface area contributed by atoms with Crippen molar-refractivity contribution in [1.82, 2.24) is 24.6 Å². The van der Waals surface area contributed by atoms with Crippen LogP contribution in [0.4, 0.5) is 0 Å². The van der Waals surface area contributed by atoms with E-state index in [0.29, 0.717) is 6.61 Å². The standard InChI is InChI=1S/C22H29N5O/c1-16-8-6-7-9-20(16)22-23-12-19(13-24-22)14-27(10-11-28-5)15-21-17(2)25-26(4)18(21)3/h6-9,12-13H,10-11,14-15H2,1-5H3. The zero-order valence-electron chi connectivity index (χ0n) is 17.4. The van der Waals surface area contributed by atoms with Crippen LogP contribution in [0.3, 0.4) is 0 Å². The summed E-state index contributed by atoms with van der Waals surface area (Å²) in [7, 11) is 3.72. The Kier molecular flexibility index (Phi) is 6.54. The zero-order chi connectivity index (χ0) is 20.1. The van der Waals surface area contributed by atoms with Gasteiger partial charge in [0.2, 0.25) is 0 Å². The second-order valence-electron chi connectivity index (χ2n) is 7.21. The highest BCUT2D eigenvalue weighted by Crippen LogP contribution is 2.20. The van der Waals surface area contributed by atoms with Crippen LogP contribution in [-0.2, 0) is 24.9 Å². The van der Waals surface area contributed by atoms with E-state index >= 15 is 0 Å². The Morgan fingerprint density at radius 2 is 1.75 bits per heavy atom. The zero-order valence-corrected chi connectivity index (χ0v) is 17.4. The van der Waals surface area contributed by atoms with Crippen molar-refractivity contribution in [3.05, 3.63) is 64.7 Å². The van der Waals surface area contributed by atoms with E-state index in [0.717, 1.165) is 42.3 Å². The molecule has 148 valence electrons. The average Bonchev–Trinajstić information content (AvgIpc) is 2.93. The smallest absolute Gasteiger partial charge is 0.159 e. The third-order valence-electron chi connectivity index (χ3n) is 5.15. The Bertz CT molecular complexity index is 917. The largest absolute Gasteiger partial charge is 0.383 e. The van der Waals surface area contributed by atoms with Crippen LogP contribution >= 0.6 is 0 Å². The molecule has 0 amide bonds. The molecule has 0 aliphatic carbocycles. The van der Waals surface area contributed by atoms with E-state index in [-0.39, 0.29) is 0 Å². The summed E-state index contributed by atoms with van der Waals surface area (Å²) in [6, 6.07) is 8.19. The Morgan fingerprint density at radius 3 is 2.36 bits per heavy atom. The molecule has 0 fully saturated rings. The fourth-order valence-electron chi connectivity index (χ4n) is 3.36. The van der Waals surface area contributed by atoms with Gasteiger partial charge < -0.3 is 4.74 Å². The van der Waals surface area contributed by atoms with Crippen molar-refractivity contribution in [2.24, 2.45) is 7.05 Å². The number of benzene rings is 1. The minimum Gasteiger partial charge on any atom is -0.383 e. The summed E-state index contributed by atoms with van der Waals surface area (Å²) in [6.45, 7) is 9.38. The van der Waals surface area contributed by atoms with E-state index in [1.807, 2.05) is 36.3 Å². The quantitative estimate of drug-likeness (QED) is 0.600. The van der Waals surface area contributed by atoms with Crippen LogP contribution in [-0.4, -0.2) is 44.9 Å². The third kappa shape index (κ3) is 4.64. The van der Waals surface area contributed by atoms with Gasteiger partial charge in [-0.3, -0.25) is 9.58 Å². The first kappa shape index (κ1) is 20.2. The van der Waals surface area contributed by atoms with Crippen LogP contribution in [0.5, 0.6) is 0 Å². The van der Waals surface area contributed by atoms with Crippen LogP contribution in [0.2, 0.25) is 0 Å². The van der Waals surface area contributed by atoms with Gasteiger partial charge in [0.05, 0.1) is 12.3 Å². The molecular formula is C22H29N5O. The molecule has 0 unspecified atom stereocenters. The van der Waals surface area contributed by atoms with Crippen molar-refractivity contribution in [3.8, 4) is 11.4 Å². The first-order valence-corrected chi connectivity index (χ1v) is 9.57. The van der Waals surface area contributed by atoms with Crippen molar-refractivity contribution in [3.63, 3.8) is 0 Å². The summed E-state index contributed by atoms with van der Waals surface area (Å²) in [6.07, 6.45) is 3.86. The van der Waals surface area contributed by atoms with Crippen LogP contribution in [0.15, 0.2) is 36.7 Å². The molecule has 28 heavy (non-hydrogen) atoms. The third-order valence-corrected chi connectivity index (χ3v) is 5.15. The number of hydrogen-bond acceptors (Lipinski definition) is 5. The maximum absolute atomic E-state index is 5.31. The number of methoxy groups -OCH3 is 1. The first-order chi connectivity index (χ1) is 13.5. The summed E-state index contributed by atoms with van der Waals surface area (Å²) in [5, 5.41) is 4.54. The Balaban J connectivity index is 1.76. The molecule has 0 aliphatic rings. The molecule has 0 N–H and O–H groups in total. The molecule has 6 heteroatoms. The van der Waals surface area contributed by atoms with Gasteiger partial charge in [-0.15, -0.1) is 0 Å². The molecule has 3 aromatic rings. The number of aryl methyl sites for hydroxylation is 3. The molecule has 0 saturated heterocycles. The van der Waals surface area contributed by atoms with Gasteiger partial charge in [-0.25, -0.2) is 9.97 Å². The monoisotopic (exact) mass is 379 g/mol. The first-order valence-electron chi connectivity index (χ1n) is 9.57. The van der Waals surface area contributed by atoms with Crippen molar-refractivity contribution < 1.29 is 4.74 Å². The van der Waals surface area contributed by atoms with Gasteiger partial charge in [-0.2, -0.15) is 5.10 Å². The van der Waals surface area contributed by atoms with Crippen molar-refractivity contribution in [1.29, 1.82) is 0 Å². The molecule has 0 bridgehead atoms. The number of rotatable bonds is 8. The lowest BCUT2D eigenvalue weighted by molar-refractivity contribution is 0.139. The van der Waals surface area contributed by atoms with Gasteiger partial charge in [0.15, 0.2) is 5.82 Å².